The molecule has 0 spiro atoms. The van der Waals surface area contributed by atoms with Gasteiger partial charge in [-0.15, -0.1) is 0 Å². The van der Waals surface area contributed by atoms with Crippen molar-refractivity contribution in [1.82, 2.24) is 0 Å². The molecule has 0 aliphatic rings. The van der Waals surface area contributed by atoms with Gasteiger partial charge in [0.15, 0.2) is 6.10 Å². The zero-order valence-electron chi connectivity index (χ0n) is 26.3. The van der Waals surface area contributed by atoms with E-state index in [1.54, 1.807) is 0 Å². The Morgan fingerprint density at radius 3 is 1.46 bits per heavy atom. The molecule has 0 rings (SSSR count). The van der Waals surface area contributed by atoms with E-state index in [4.69, 9.17) is 14.2 Å². The first kappa shape index (κ1) is 38.4. The van der Waals surface area contributed by atoms with E-state index in [9.17, 15) is 14.4 Å². The van der Waals surface area contributed by atoms with Crippen LogP contribution >= 0.6 is 0 Å². The Balaban J connectivity index is 4.40. The van der Waals surface area contributed by atoms with Gasteiger partial charge in [-0.3, -0.25) is 14.4 Å². The summed E-state index contributed by atoms with van der Waals surface area (Å²) in [6.45, 7) is 6.22. The molecule has 0 aromatic carbocycles. The van der Waals surface area contributed by atoms with Crippen molar-refractivity contribution in [3.8, 4) is 0 Å². The number of hydrogen-bond donors (Lipinski definition) is 0. The second-order valence-electron chi connectivity index (χ2n) is 10.3. The van der Waals surface area contributed by atoms with Crippen LogP contribution in [0.4, 0.5) is 0 Å². The van der Waals surface area contributed by atoms with Crippen LogP contribution in [0.25, 0.3) is 0 Å². The summed E-state index contributed by atoms with van der Waals surface area (Å²) in [6, 6.07) is 0. The monoisotopic (exact) mass is 574 g/mol. The molecule has 0 saturated carbocycles. The molecule has 0 amide bonds. The van der Waals surface area contributed by atoms with Crippen molar-refractivity contribution in [2.24, 2.45) is 0 Å². The van der Waals surface area contributed by atoms with Gasteiger partial charge in [0, 0.05) is 19.3 Å². The molecule has 6 heteroatoms. The maximum absolute atomic E-state index is 12.3. The second-order valence-corrected chi connectivity index (χ2v) is 10.3. The lowest BCUT2D eigenvalue weighted by Crippen LogP contribution is -2.30. The lowest BCUT2D eigenvalue weighted by molar-refractivity contribution is -0.166. The van der Waals surface area contributed by atoms with Crippen LogP contribution in [0.5, 0.6) is 0 Å². The third-order valence-corrected chi connectivity index (χ3v) is 6.36. The Labute approximate surface area is 250 Å². The largest absolute Gasteiger partial charge is 0.462 e. The molecule has 0 radical (unpaired) electrons. The summed E-state index contributed by atoms with van der Waals surface area (Å²) in [6.07, 6.45) is 31.7. The summed E-state index contributed by atoms with van der Waals surface area (Å²) in [5, 5.41) is 0. The molecule has 0 aliphatic heterocycles. The van der Waals surface area contributed by atoms with Gasteiger partial charge in [0.25, 0.3) is 0 Å². The van der Waals surface area contributed by atoms with E-state index in [1.165, 1.54) is 6.42 Å². The zero-order chi connectivity index (χ0) is 30.2. The van der Waals surface area contributed by atoms with Crippen LogP contribution in [0.2, 0.25) is 0 Å². The lowest BCUT2D eigenvalue weighted by atomic mass is 10.1. The molecular weight excluding hydrogens is 516 g/mol. The highest BCUT2D eigenvalue weighted by Gasteiger charge is 2.19. The van der Waals surface area contributed by atoms with Gasteiger partial charge in [-0.25, -0.2) is 0 Å². The Morgan fingerprint density at radius 2 is 0.951 bits per heavy atom. The van der Waals surface area contributed by atoms with Gasteiger partial charge in [0.2, 0.25) is 0 Å². The molecule has 0 aliphatic carbocycles. The van der Waals surface area contributed by atoms with E-state index in [2.05, 4.69) is 57.2 Å². The topological polar surface area (TPSA) is 78.9 Å². The number of allylic oxidation sites excluding steroid dienone is 8. The molecule has 1 atom stereocenters. The number of hydrogen-bond acceptors (Lipinski definition) is 6. The highest BCUT2D eigenvalue weighted by atomic mass is 16.6. The van der Waals surface area contributed by atoms with E-state index < -0.39 is 6.10 Å². The zero-order valence-corrected chi connectivity index (χ0v) is 26.3. The predicted octanol–water partition coefficient (Wildman–Crippen LogP) is 9.29. The van der Waals surface area contributed by atoms with Gasteiger partial charge in [0.05, 0.1) is 0 Å². The predicted molar refractivity (Wildman–Crippen MR) is 168 cm³/mol. The minimum absolute atomic E-state index is 0.0977. The quantitative estimate of drug-likeness (QED) is 0.0421. The Morgan fingerprint density at radius 1 is 0.512 bits per heavy atom. The van der Waals surface area contributed by atoms with E-state index in [0.717, 1.165) is 83.5 Å². The van der Waals surface area contributed by atoms with Gasteiger partial charge in [0.1, 0.15) is 13.2 Å². The molecule has 0 N–H and O–H groups in total. The van der Waals surface area contributed by atoms with Crippen LogP contribution in [0, 0.1) is 0 Å². The van der Waals surface area contributed by atoms with Crippen molar-refractivity contribution < 1.29 is 28.6 Å². The molecule has 0 aromatic rings. The van der Waals surface area contributed by atoms with Crippen LogP contribution in [-0.4, -0.2) is 37.2 Å². The first-order valence-electron chi connectivity index (χ1n) is 16.1. The Bertz CT molecular complexity index is 765. The SMILES string of the molecule is CC/C=C\C/C=C\C/C=C\C/C=C\CCC(=O)OCC(COC(=O)CCCCCCC)OC(=O)CCCCCCC. The van der Waals surface area contributed by atoms with Crippen molar-refractivity contribution >= 4 is 17.9 Å². The maximum atomic E-state index is 12.3. The van der Waals surface area contributed by atoms with Crippen LogP contribution in [0.1, 0.15) is 136 Å². The minimum Gasteiger partial charge on any atom is -0.462 e. The molecular formula is C35H58O6. The molecule has 234 valence electrons. The van der Waals surface area contributed by atoms with Gasteiger partial charge < -0.3 is 14.2 Å². The van der Waals surface area contributed by atoms with E-state index in [-0.39, 0.29) is 37.5 Å². The molecule has 0 fully saturated rings. The fraction of sp³-hybridized carbons (Fsp3) is 0.686. The number of ether oxygens (including phenoxy) is 3. The molecule has 0 heterocycles. The van der Waals surface area contributed by atoms with Crippen LogP contribution < -0.4 is 0 Å². The summed E-state index contributed by atoms with van der Waals surface area (Å²) >= 11 is 0. The average molecular weight is 575 g/mol. The van der Waals surface area contributed by atoms with E-state index in [1.807, 2.05) is 12.2 Å². The van der Waals surface area contributed by atoms with Crippen molar-refractivity contribution in [3.05, 3.63) is 48.6 Å². The van der Waals surface area contributed by atoms with Crippen LogP contribution in [-0.2, 0) is 28.6 Å². The lowest BCUT2D eigenvalue weighted by Gasteiger charge is -2.18. The second kappa shape index (κ2) is 30.3. The molecule has 41 heavy (non-hydrogen) atoms. The number of carbonyl (C=O) groups excluding carboxylic acids is 3. The normalized spacial score (nSPS) is 12.6. The van der Waals surface area contributed by atoms with Crippen molar-refractivity contribution in [2.75, 3.05) is 13.2 Å². The summed E-state index contributed by atoms with van der Waals surface area (Å²) in [5.41, 5.74) is 0. The van der Waals surface area contributed by atoms with Crippen LogP contribution in [0.15, 0.2) is 48.6 Å². The minimum atomic E-state index is -0.788. The van der Waals surface area contributed by atoms with Crippen molar-refractivity contribution in [2.45, 2.75) is 142 Å². The Kier molecular flexibility index (Phi) is 28.4. The van der Waals surface area contributed by atoms with Gasteiger partial charge in [-0.1, -0.05) is 121 Å². The van der Waals surface area contributed by atoms with E-state index >= 15 is 0 Å². The van der Waals surface area contributed by atoms with Crippen molar-refractivity contribution in [3.63, 3.8) is 0 Å². The molecule has 0 saturated heterocycles. The standard InChI is InChI=1S/C35H58O6/c1-4-7-10-13-14-15-16-17-18-19-20-23-25-28-34(37)40-31-32(41-35(38)29-26-22-12-9-6-3)30-39-33(36)27-24-21-11-8-5-2/h7,10,14-15,17-18,20,23,32H,4-6,8-9,11-13,16,19,21-22,24-31H2,1-3H3/b10-7-,15-14-,18-17-,23-20-. The van der Waals surface area contributed by atoms with Gasteiger partial charge in [-0.2, -0.15) is 0 Å². The fourth-order valence-corrected chi connectivity index (χ4v) is 3.92. The third-order valence-electron chi connectivity index (χ3n) is 6.36. The van der Waals surface area contributed by atoms with Gasteiger partial charge >= 0.3 is 17.9 Å². The first-order valence-corrected chi connectivity index (χ1v) is 16.1. The average Bonchev–Trinajstić information content (AvgIpc) is 2.96. The summed E-state index contributed by atoms with van der Waals surface area (Å²) in [5.74, 6) is -1.03. The first-order chi connectivity index (χ1) is 20.0. The molecule has 6 nitrogen and oxygen atoms in total. The smallest absolute Gasteiger partial charge is 0.306 e. The fourth-order valence-electron chi connectivity index (χ4n) is 3.92. The molecule has 0 aromatic heterocycles. The highest BCUT2D eigenvalue weighted by Crippen LogP contribution is 2.10. The molecule has 0 bridgehead atoms. The van der Waals surface area contributed by atoms with Crippen molar-refractivity contribution in [1.29, 1.82) is 0 Å². The Hall–Kier alpha value is -2.63. The third kappa shape index (κ3) is 28.7. The van der Waals surface area contributed by atoms with Crippen LogP contribution in [0.3, 0.4) is 0 Å². The summed E-state index contributed by atoms with van der Waals surface area (Å²) < 4.78 is 16.2. The molecule has 1 unspecified atom stereocenters. The number of esters is 3. The number of rotatable bonds is 27. The van der Waals surface area contributed by atoms with E-state index in [0.29, 0.717) is 19.3 Å². The summed E-state index contributed by atoms with van der Waals surface area (Å²) in [7, 11) is 0. The number of unbranched alkanes of at least 4 members (excludes halogenated alkanes) is 8. The highest BCUT2D eigenvalue weighted by molar-refractivity contribution is 5.71. The van der Waals surface area contributed by atoms with Gasteiger partial charge in [-0.05, 0) is 44.9 Å². The summed E-state index contributed by atoms with van der Waals surface area (Å²) in [4.78, 5) is 36.7. The number of carbonyl (C=O) groups is 3. The maximum Gasteiger partial charge on any atom is 0.306 e.